The average Bonchev–Trinajstić information content (AvgIpc) is 2.46. The molecule has 0 fully saturated rings. The average molecular weight is 295 g/mol. The SMILES string of the molecule is O=C(NSCNc1c(F)cncc1F)c1ccccc1. The van der Waals surface area contributed by atoms with Crippen molar-refractivity contribution in [2.24, 2.45) is 0 Å². The highest BCUT2D eigenvalue weighted by Gasteiger charge is 2.09. The summed E-state index contributed by atoms with van der Waals surface area (Å²) in [6.45, 7) is 0. The van der Waals surface area contributed by atoms with Crippen molar-refractivity contribution in [3.05, 3.63) is 59.9 Å². The van der Waals surface area contributed by atoms with Crippen LogP contribution in [0.1, 0.15) is 10.4 Å². The highest BCUT2D eigenvalue weighted by atomic mass is 32.2. The van der Waals surface area contributed by atoms with E-state index >= 15 is 0 Å². The molecule has 104 valence electrons. The lowest BCUT2D eigenvalue weighted by Gasteiger charge is -2.08. The van der Waals surface area contributed by atoms with E-state index in [1.807, 2.05) is 0 Å². The summed E-state index contributed by atoms with van der Waals surface area (Å²) < 4.78 is 29.0. The fourth-order valence-electron chi connectivity index (χ4n) is 1.44. The third-order valence-corrected chi connectivity index (χ3v) is 2.99. The summed E-state index contributed by atoms with van der Waals surface area (Å²) in [6.07, 6.45) is 1.83. The zero-order chi connectivity index (χ0) is 14.4. The number of nitrogens with zero attached hydrogens (tertiary/aromatic N) is 1. The van der Waals surface area contributed by atoms with Gasteiger partial charge in [-0.2, -0.15) is 0 Å². The van der Waals surface area contributed by atoms with E-state index < -0.39 is 11.6 Å². The first-order valence-electron chi connectivity index (χ1n) is 5.68. The third kappa shape index (κ3) is 3.67. The molecule has 0 saturated carbocycles. The van der Waals surface area contributed by atoms with Crippen LogP contribution >= 0.6 is 11.9 Å². The normalized spacial score (nSPS) is 10.1. The van der Waals surface area contributed by atoms with Gasteiger partial charge in [-0.1, -0.05) is 18.2 Å². The monoisotopic (exact) mass is 295 g/mol. The first-order valence-corrected chi connectivity index (χ1v) is 6.67. The van der Waals surface area contributed by atoms with Crippen LogP contribution in [-0.2, 0) is 0 Å². The second-order valence-electron chi connectivity index (χ2n) is 3.74. The number of nitrogens with one attached hydrogen (secondary N) is 2. The predicted molar refractivity (Wildman–Crippen MR) is 74.1 cm³/mol. The van der Waals surface area contributed by atoms with Crippen LogP contribution in [0.4, 0.5) is 14.5 Å². The van der Waals surface area contributed by atoms with Crippen molar-refractivity contribution in [1.82, 2.24) is 9.71 Å². The lowest BCUT2D eigenvalue weighted by Crippen LogP contribution is -2.18. The molecule has 2 N–H and O–H groups in total. The van der Waals surface area contributed by atoms with Crippen molar-refractivity contribution in [3.63, 3.8) is 0 Å². The Bertz CT molecular complexity index is 575. The minimum Gasteiger partial charge on any atom is -0.369 e. The number of anilines is 1. The molecule has 0 atom stereocenters. The lowest BCUT2D eigenvalue weighted by molar-refractivity contribution is 0.0984. The van der Waals surface area contributed by atoms with Crippen molar-refractivity contribution in [3.8, 4) is 0 Å². The zero-order valence-corrected chi connectivity index (χ0v) is 11.1. The summed E-state index contributed by atoms with van der Waals surface area (Å²) in [5.41, 5.74) is 0.253. The molecule has 0 radical (unpaired) electrons. The number of pyridine rings is 1. The molecule has 0 aliphatic heterocycles. The predicted octanol–water partition coefficient (Wildman–Crippen LogP) is 2.81. The van der Waals surface area contributed by atoms with Crippen molar-refractivity contribution in [1.29, 1.82) is 0 Å². The Balaban J connectivity index is 1.81. The van der Waals surface area contributed by atoms with Gasteiger partial charge in [0.05, 0.1) is 18.3 Å². The van der Waals surface area contributed by atoms with Crippen LogP contribution in [0.3, 0.4) is 0 Å². The van der Waals surface area contributed by atoms with Crippen molar-refractivity contribution in [2.75, 3.05) is 11.2 Å². The third-order valence-electron chi connectivity index (χ3n) is 2.38. The molecule has 2 aromatic rings. The van der Waals surface area contributed by atoms with Gasteiger partial charge in [0.1, 0.15) is 5.69 Å². The van der Waals surface area contributed by atoms with Crippen LogP contribution < -0.4 is 10.0 Å². The maximum atomic E-state index is 13.2. The molecule has 1 heterocycles. The standard InChI is InChI=1S/C13H11F2N3OS/c14-10-6-16-7-11(15)12(10)17-8-20-18-13(19)9-4-2-1-3-5-9/h1-7H,8H2,(H,16,17)(H,18,19). The molecule has 2 rings (SSSR count). The number of hydrogen-bond acceptors (Lipinski definition) is 4. The quantitative estimate of drug-likeness (QED) is 0.506. The van der Waals surface area contributed by atoms with Gasteiger partial charge in [0.15, 0.2) is 11.6 Å². The minimum absolute atomic E-state index is 0.121. The molecule has 0 aliphatic carbocycles. The van der Waals surface area contributed by atoms with E-state index in [1.165, 1.54) is 0 Å². The summed E-state index contributed by atoms with van der Waals surface area (Å²) >= 11 is 1.00. The first kappa shape index (κ1) is 14.3. The first-order chi connectivity index (χ1) is 9.68. The maximum Gasteiger partial charge on any atom is 0.261 e. The van der Waals surface area contributed by atoms with E-state index in [-0.39, 0.29) is 17.5 Å². The highest BCUT2D eigenvalue weighted by molar-refractivity contribution is 7.98. The lowest BCUT2D eigenvalue weighted by atomic mass is 10.2. The maximum absolute atomic E-state index is 13.2. The summed E-state index contributed by atoms with van der Waals surface area (Å²) in [4.78, 5) is 15.0. The molecule has 4 nitrogen and oxygen atoms in total. The number of hydrogen-bond donors (Lipinski definition) is 2. The molecule has 0 unspecified atom stereocenters. The number of halogens is 2. The largest absolute Gasteiger partial charge is 0.369 e. The van der Waals surface area contributed by atoms with Crippen molar-refractivity contribution >= 4 is 23.5 Å². The van der Waals surface area contributed by atoms with E-state index in [2.05, 4.69) is 15.0 Å². The fraction of sp³-hybridized carbons (Fsp3) is 0.0769. The van der Waals surface area contributed by atoms with Crippen LogP contribution in [-0.4, -0.2) is 16.8 Å². The topological polar surface area (TPSA) is 54.0 Å². The smallest absolute Gasteiger partial charge is 0.261 e. The summed E-state index contributed by atoms with van der Waals surface area (Å²) in [7, 11) is 0. The molecule has 1 aromatic carbocycles. The number of rotatable bonds is 5. The molecule has 0 aliphatic rings. The second-order valence-corrected chi connectivity index (χ2v) is 4.52. The highest BCUT2D eigenvalue weighted by Crippen LogP contribution is 2.17. The van der Waals surface area contributed by atoms with Gasteiger partial charge in [0.2, 0.25) is 0 Å². The van der Waals surface area contributed by atoms with Gasteiger partial charge in [-0.15, -0.1) is 0 Å². The summed E-state index contributed by atoms with van der Waals surface area (Å²) in [5, 5.41) is 2.55. The molecular weight excluding hydrogens is 284 g/mol. The Morgan fingerprint density at radius 3 is 2.45 bits per heavy atom. The molecule has 20 heavy (non-hydrogen) atoms. The molecule has 0 saturated heterocycles. The van der Waals surface area contributed by atoms with Crippen LogP contribution in [0.15, 0.2) is 42.7 Å². The molecule has 0 spiro atoms. The Hall–Kier alpha value is -2.15. The van der Waals surface area contributed by atoms with Gasteiger partial charge >= 0.3 is 0 Å². The minimum atomic E-state index is -0.778. The summed E-state index contributed by atoms with van der Waals surface area (Å²) in [5.74, 6) is -1.70. The number of carbonyl (C=O) groups is 1. The Morgan fingerprint density at radius 1 is 1.15 bits per heavy atom. The van der Waals surface area contributed by atoms with Crippen LogP contribution in [0, 0.1) is 11.6 Å². The zero-order valence-electron chi connectivity index (χ0n) is 10.3. The van der Waals surface area contributed by atoms with Gasteiger partial charge < -0.3 is 5.32 Å². The number of amides is 1. The molecule has 1 amide bonds. The number of benzene rings is 1. The second kappa shape index (κ2) is 6.85. The van der Waals surface area contributed by atoms with Crippen molar-refractivity contribution in [2.45, 2.75) is 0 Å². The van der Waals surface area contributed by atoms with E-state index in [9.17, 15) is 13.6 Å². The van der Waals surface area contributed by atoms with E-state index in [4.69, 9.17) is 0 Å². The van der Waals surface area contributed by atoms with Gasteiger partial charge in [0.25, 0.3) is 5.91 Å². The van der Waals surface area contributed by atoms with Gasteiger partial charge in [-0.3, -0.25) is 14.5 Å². The van der Waals surface area contributed by atoms with Gasteiger partial charge in [0, 0.05) is 5.56 Å². The van der Waals surface area contributed by atoms with E-state index in [1.54, 1.807) is 30.3 Å². The summed E-state index contributed by atoms with van der Waals surface area (Å²) in [6, 6.07) is 8.65. The molecule has 7 heteroatoms. The van der Waals surface area contributed by atoms with Gasteiger partial charge in [-0.05, 0) is 24.1 Å². The van der Waals surface area contributed by atoms with E-state index in [0.29, 0.717) is 5.56 Å². The Morgan fingerprint density at radius 2 is 1.80 bits per heavy atom. The number of aromatic nitrogens is 1. The van der Waals surface area contributed by atoms with Crippen LogP contribution in [0.25, 0.3) is 0 Å². The molecule has 1 aromatic heterocycles. The number of carbonyl (C=O) groups excluding carboxylic acids is 1. The van der Waals surface area contributed by atoms with Crippen LogP contribution in [0.2, 0.25) is 0 Å². The molecule has 0 bridgehead atoms. The fourth-order valence-corrected chi connectivity index (χ4v) is 1.98. The van der Waals surface area contributed by atoms with Gasteiger partial charge in [-0.25, -0.2) is 8.78 Å². The Labute approximate surface area is 118 Å². The van der Waals surface area contributed by atoms with Crippen molar-refractivity contribution < 1.29 is 13.6 Å². The van der Waals surface area contributed by atoms with Crippen LogP contribution in [0.5, 0.6) is 0 Å². The van der Waals surface area contributed by atoms with E-state index in [0.717, 1.165) is 24.3 Å². The molecular formula is C13H11F2N3OS. The Kier molecular flexibility index (Phi) is 4.89.